The molecule has 0 atom stereocenters. The summed E-state index contributed by atoms with van der Waals surface area (Å²) in [6.07, 6.45) is 2.05. The van der Waals surface area contributed by atoms with E-state index in [4.69, 9.17) is 5.73 Å². The number of likely N-dealkylation sites (N-methyl/N-ethyl adjacent to an activating group) is 1. The van der Waals surface area contributed by atoms with Crippen LogP contribution in [-0.2, 0) is 4.79 Å². The van der Waals surface area contributed by atoms with Gasteiger partial charge in [-0.2, -0.15) is 0 Å². The molecule has 5 heteroatoms. The Labute approximate surface area is 110 Å². The van der Waals surface area contributed by atoms with Gasteiger partial charge in [0.15, 0.2) is 0 Å². The average Bonchev–Trinajstić information content (AvgIpc) is 2.41. The fourth-order valence-corrected chi connectivity index (χ4v) is 2.72. The first kappa shape index (κ1) is 13.8. The van der Waals surface area contributed by atoms with Gasteiger partial charge in [-0.3, -0.25) is 9.69 Å². The van der Waals surface area contributed by atoms with E-state index < -0.39 is 0 Å². The standard InChI is InChI=1S/C13H26N4O/c1-2-15-7-9-17(10-8-15)13(18)11-16-5-3-12(14)4-6-16/h12H,2-11,14H2,1H3. The third-order valence-electron chi connectivity index (χ3n) is 4.16. The summed E-state index contributed by atoms with van der Waals surface area (Å²) in [6, 6.07) is 0.337. The van der Waals surface area contributed by atoms with E-state index in [0.717, 1.165) is 58.7 Å². The van der Waals surface area contributed by atoms with Crippen molar-refractivity contribution in [2.75, 3.05) is 52.4 Å². The molecule has 5 nitrogen and oxygen atoms in total. The van der Waals surface area contributed by atoms with Crippen LogP contribution in [0.2, 0.25) is 0 Å². The second-order valence-corrected chi connectivity index (χ2v) is 5.43. The number of carbonyl (C=O) groups excluding carboxylic acids is 1. The van der Waals surface area contributed by atoms with Gasteiger partial charge in [-0.25, -0.2) is 0 Å². The summed E-state index contributed by atoms with van der Waals surface area (Å²) in [5, 5.41) is 0. The second-order valence-electron chi connectivity index (χ2n) is 5.43. The molecule has 0 saturated carbocycles. The highest BCUT2D eigenvalue weighted by Crippen LogP contribution is 2.09. The van der Waals surface area contributed by atoms with Crippen molar-refractivity contribution in [1.29, 1.82) is 0 Å². The van der Waals surface area contributed by atoms with E-state index in [1.54, 1.807) is 0 Å². The minimum atomic E-state index is 0.293. The fourth-order valence-electron chi connectivity index (χ4n) is 2.72. The lowest BCUT2D eigenvalue weighted by molar-refractivity contribution is -0.134. The molecule has 0 radical (unpaired) electrons. The number of nitrogens with two attached hydrogens (primary N) is 1. The molecule has 2 aliphatic heterocycles. The van der Waals surface area contributed by atoms with Gasteiger partial charge in [0.05, 0.1) is 6.54 Å². The van der Waals surface area contributed by atoms with E-state index in [1.807, 2.05) is 4.90 Å². The number of nitrogens with zero attached hydrogens (tertiary/aromatic N) is 3. The minimum Gasteiger partial charge on any atom is -0.339 e. The van der Waals surface area contributed by atoms with Gasteiger partial charge in [0.1, 0.15) is 0 Å². The molecule has 0 bridgehead atoms. The van der Waals surface area contributed by atoms with Gasteiger partial charge in [0, 0.05) is 45.3 Å². The Kier molecular flexibility index (Phi) is 4.97. The first-order valence-electron chi connectivity index (χ1n) is 7.17. The monoisotopic (exact) mass is 254 g/mol. The molecule has 0 aromatic carbocycles. The van der Waals surface area contributed by atoms with E-state index in [0.29, 0.717) is 18.5 Å². The van der Waals surface area contributed by atoms with Gasteiger partial charge in [0.25, 0.3) is 0 Å². The molecule has 0 aromatic heterocycles. The van der Waals surface area contributed by atoms with E-state index >= 15 is 0 Å². The highest BCUT2D eigenvalue weighted by Gasteiger charge is 2.23. The number of piperazine rings is 1. The Morgan fingerprint density at radius 2 is 1.67 bits per heavy atom. The number of likely N-dealkylation sites (tertiary alicyclic amines) is 1. The summed E-state index contributed by atoms with van der Waals surface area (Å²) >= 11 is 0. The SMILES string of the molecule is CCN1CCN(C(=O)CN2CCC(N)CC2)CC1. The number of rotatable bonds is 3. The molecule has 0 aliphatic carbocycles. The molecular formula is C13H26N4O. The lowest BCUT2D eigenvalue weighted by Gasteiger charge is -2.36. The largest absolute Gasteiger partial charge is 0.339 e. The van der Waals surface area contributed by atoms with Gasteiger partial charge in [-0.15, -0.1) is 0 Å². The van der Waals surface area contributed by atoms with Crippen LogP contribution >= 0.6 is 0 Å². The molecular weight excluding hydrogens is 228 g/mol. The van der Waals surface area contributed by atoms with Crippen molar-refractivity contribution in [3.05, 3.63) is 0 Å². The summed E-state index contributed by atoms with van der Waals surface area (Å²) in [5.74, 6) is 0.293. The van der Waals surface area contributed by atoms with Crippen LogP contribution in [0.4, 0.5) is 0 Å². The van der Waals surface area contributed by atoms with Crippen LogP contribution in [0.3, 0.4) is 0 Å². The van der Waals surface area contributed by atoms with Crippen LogP contribution in [0, 0.1) is 0 Å². The van der Waals surface area contributed by atoms with Gasteiger partial charge in [0.2, 0.25) is 5.91 Å². The maximum atomic E-state index is 12.2. The number of hydrogen-bond acceptors (Lipinski definition) is 4. The fraction of sp³-hybridized carbons (Fsp3) is 0.923. The summed E-state index contributed by atoms with van der Waals surface area (Å²) in [4.78, 5) is 18.8. The minimum absolute atomic E-state index is 0.293. The summed E-state index contributed by atoms with van der Waals surface area (Å²) in [6.45, 7) is 9.61. The first-order chi connectivity index (χ1) is 8.69. The van der Waals surface area contributed by atoms with Crippen molar-refractivity contribution in [2.45, 2.75) is 25.8 Å². The Bertz CT molecular complexity index is 268. The molecule has 2 saturated heterocycles. The zero-order valence-corrected chi connectivity index (χ0v) is 11.5. The van der Waals surface area contributed by atoms with E-state index in [-0.39, 0.29) is 0 Å². The Hall–Kier alpha value is -0.650. The molecule has 1 amide bonds. The third-order valence-corrected chi connectivity index (χ3v) is 4.16. The molecule has 2 N–H and O–H groups in total. The maximum absolute atomic E-state index is 12.2. The zero-order chi connectivity index (χ0) is 13.0. The van der Waals surface area contributed by atoms with E-state index in [9.17, 15) is 4.79 Å². The molecule has 18 heavy (non-hydrogen) atoms. The van der Waals surface area contributed by atoms with Crippen molar-refractivity contribution >= 4 is 5.91 Å². The topological polar surface area (TPSA) is 52.8 Å². The van der Waals surface area contributed by atoms with Crippen LogP contribution < -0.4 is 5.73 Å². The number of hydrogen-bond donors (Lipinski definition) is 1. The third kappa shape index (κ3) is 3.67. The molecule has 104 valence electrons. The zero-order valence-electron chi connectivity index (χ0n) is 11.5. The van der Waals surface area contributed by atoms with Crippen LogP contribution in [0.1, 0.15) is 19.8 Å². The average molecular weight is 254 g/mol. The van der Waals surface area contributed by atoms with Gasteiger partial charge >= 0.3 is 0 Å². The van der Waals surface area contributed by atoms with Crippen molar-refractivity contribution < 1.29 is 4.79 Å². The summed E-state index contributed by atoms with van der Waals surface area (Å²) in [7, 11) is 0. The predicted octanol–water partition coefficient (Wildman–Crippen LogP) is -0.426. The van der Waals surface area contributed by atoms with Crippen molar-refractivity contribution in [2.24, 2.45) is 5.73 Å². The smallest absolute Gasteiger partial charge is 0.236 e. The van der Waals surface area contributed by atoms with Gasteiger partial charge in [-0.1, -0.05) is 6.92 Å². The predicted molar refractivity (Wildman–Crippen MR) is 72.3 cm³/mol. The first-order valence-corrected chi connectivity index (χ1v) is 7.17. The highest BCUT2D eigenvalue weighted by atomic mass is 16.2. The quantitative estimate of drug-likeness (QED) is 0.743. The maximum Gasteiger partial charge on any atom is 0.236 e. The number of amides is 1. The van der Waals surface area contributed by atoms with Crippen LogP contribution in [0.15, 0.2) is 0 Å². The van der Waals surface area contributed by atoms with Crippen LogP contribution in [0.25, 0.3) is 0 Å². The lowest BCUT2D eigenvalue weighted by Crippen LogP contribution is -2.52. The molecule has 0 unspecified atom stereocenters. The normalized spacial score (nSPS) is 24.4. The van der Waals surface area contributed by atoms with Crippen molar-refractivity contribution in [1.82, 2.24) is 14.7 Å². The molecule has 0 spiro atoms. The second kappa shape index (κ2) is 6.50. The summed E-state index contributed by atoms with van der Waals surface area (Å²) in [5.41, 5.74) is 5.87. The van der Waals surface area contributed by atoms with Gasteiger partial charge in [-0.05, 0) is 19.4 Å². The van der Waals surface area contributed by atoms with E-state index in [2.05, 4.69) is 16.7 Å². The number of piperidine rings is 1. The van der Waals surface area contributed by atoms with Crippen molar-refractivity contribution in [3.63, 3.8) is 0 Å². The Morgan fingerprint density at radius 1 is 1.06 bits per heavy atom. The Balaban J connectivity index is 1.72. The highest BCUT2D eigenvalue weighted by molar-refractivity contribution is 5.78. The van der Waals surface area contributed by atoms with Crippen LogP contribution in [0.5, 0.6) is 0 Å². The van der Waals surface area contributed by atoms with E-state index in [1.165, 1.54) is 0 Å². The van der Waals surface area contributed by atoms with Gasteiger partial charge < -0.3 is 15.5 Å². The molecule has 0 aromatic rings. The Morgan fingerprint density at radius 3 is 2.22 bits per heavy atom. The van der Waals surface area contributed by atoms with Crippen molar-refractivity contribution in [3.8, 4) is 0 Å². The van der Waals surface area contributed by atoms with Crippen LogP contribution in [-0.4, -0.2) is 79.0 Å². The number of carbonyl (C=O) groups is 1. The molecule has 2 fully saturated rings. The molecule has 2 aliphatic rings. The summed E-state index contributed by atoms with van der Waals surface area (Å²) < 4.78 is 0. The molecule has 2 heterocycles. The lowest BCUT2D eigenvalue weighted by atomic mass is 10.1. The molecule has 2 rings (SSSR count).